The van der Waals surface area contributed by atoms with E-state index in [4.69, 9.17) is 9.47 Å². The highest BCUT2D eigenvalue weighted by Crippen LogP contribution is 2.79. The van der Waals surface area contributed by atoms with E-state index >= 15 is 0 Å². The van der Waals surface area contributed by atoms with Gasteiger partial charge < -0.3 is 29.9 Å². The maximum absolute atomic E-state index is 12.4. The maximum Gasteiger partial charge on any atom is 0.0796 e. The Labute approximate surface area is 178 Å². The molecule has 13 atom stereocenters. The highest BCUT2D eigenvalue weighted by molar-refractivity contribution is 5.35. The van der Waals surface area contributed by atoms with E-state index in [9.17, 15) is 20.4 Å². The standard InChI is InChI=1S/C23H37NO6/c1-4-24-9-21(10-25)6-5-14(26)23-12-7-11-13(29-2)8-22(28,15(12)17(11)27)16(20(23)24)18(30-3)19(21)23/h11-20,25-28H,4-10H2,1-3H3/t11-,12-,13?,14?,15+,16?,17?,18?,19+,20?,21+,22-,23+/m1/s1. The van der Waals surface area contributed by atoms with Gasteiger partial charge in [0.25, 0.3) is 0 Å². The highest BCUT2D eigenvalue weighted by Gasteiger charge is 2.86. The Balaban J connectivity index is 1.64. The van der Waals surface area contributed by atoms with Gasteiger partial charge in [-0.2, -0.15) is 0 Å². The molecule has 1 heterocycles. The van der Waals surface area contributed by atoms with Gasteiger partial charge >= 0.3 is 0 Å². The summed E-state index contributed by atoms with van der Waals surface area (Å²) in [7, 11) is 3.40. The number of aliphatic hydroxyl groups is 4. The van der Waals surface area contributed by atoms with Gasteiger partial charge in [-0.3, -0.25) is 4.90 Å². The summed E-state index contributed by atoms with van der Waals surface area (Å²) < 4.78 is 12.0. The van der Waals surface area contributed by atoms with Crippen molar-refractivity contribution in [2.45, 2.75) is 68.7 Å². The van der Waals surface area contributed by atoms with Crippen LogP contribution in [0.2, 0.25) is 0 Å². The molecule has 5 aliphatic carbocycles. The fourth-order valence-electron chi connectivity index (χ4n) is 10.4. The third-order valence-corrected chi connectivity index (χ3v) is 11.0. The molecule has 0 aromatic carbocycles. The number of ether oxygens (including phenoxy) is 2. The predicted molar refractivity (Wildman–Crippen MR) is 107 cm³/mol. The summed E-state index contributed by atoms with van der Waals surface area (Å²) in [5.41, 5.74) is -1.89. The monoisotopic (exact) mass is 423 g/mol. The zero-order valence-electron chi connectivity index (χ0n) is 18.3. The smallest absolute Gasteiger partial charge is 0.0796 e. The van der Waals surface area contributed by atoms with Gasteiger partial charge in [0.05, 0.1) is 36.6 Å². The Morgan fingerprint density at radius 3 is 2.53 bits per heavy atom. The van der Waals surface area contributed by atoms with Crippen molar-refractivity contribution in [1.82, 2.24) is 4.90 Å². The third kappa shape index (κ3) is 1.88. The summed E-state index contributed by atoms with van der Waals surface area (Å²) in [6, 6.07) is 0.000214. The number of piperidine rings is 1. The molecule has 7 nitrogen and oxygen atoms in total. The van der Waals surface area contributed by atoms with Gasteiger partial charge in [-0.05, 0) is 31.7 Å². The predicted octanol–water partition coefficient (Wildman–Crippen LogP) is -0.152. The lowest BCUT2D eigenvalue weighted by atomic mass is 9.43. The molecule has 0 radical (unpaired) electrons. The lowest BCUT2D eigenvalue weighted by Gasteiger charge is -2.68. The second-order valence-corrected chi connectivity index (χ2v) is 11.3. The zero-order valence-corrected chi connectivity index (χ0v) is 18.3. The Hall–Kier alpha value is -0.280. The third-order valence-electron chi connectivity index (χ3n) is 11.0. The zero-order chi connectivity index (χ0) is 21.2. The molecule has 1 aliphatic heterocycles. The van der Waals surface area contributed by atoms with Crippen molar-refractivity contribution in [3.63, 3.8) is 0 Å². The van der Waals surface area contributed by atoms with Crippen LogP contribution in [0.25, 0.3) is 0 Å². The van der Waals surface area contributed by atoms with Gasteiger partial charge in [0.2, 0.25) is 0 Å². The molecule has 7 bridgehead atoms. The van der Waals surface area contributed by atoms with Crippen LogP contribution in [0.15, 0.2) is 0 Å². The average Bonchev–Trinajstić information content (AvgIpc) is 3.15. The molecule has 4 N–H and O–H groups in total. The summed E-state index contributed by atoms with van der Waals surface area (Å²) in [5, 5.41) is 46.2. The molecule has 7 heteroatoms. The van der Waals surface area contributed by atoms with Crippen molar-refractivity contribution in [3.05, 3.63) is 0 Å². The minimum absolute atomic E-state index is 0.000214. The van der Waals surface area contributed by atoms with E-state index in [1.54, 1.807) is 14.2 Å². The molecule has 1 spiro atoms. The molecule has 6 aliphatic rings. The number of aliphatic hydroxyl groups excluding tert-OH is 3. The molecule has 6 unspecified atom stereocenters. The molecule has 0 aromatic heterocycles. The molecule has 1 saturated heterocycles. The molecular formula is C23H37NO6. The van der Waals surface area contributed by atoms with Crippen molar-refractivity contribution < 1.29 is 29.9 Å². The van der Waals surface area contributed by atoms with Crippen LogP contribution in [-0.4, -0.2) is 95.3 Å². The topological polar surface area (TPSA) is 103 Å². The number of hydrogen-bond acceptors (Lipinski definition) is 7. The number of rotatable bonds is 4. The Morgan fingerprint density at radius 2 is 1.90 bits per heavy atom. The van der Waals surface area contributed by atoms with Crippen molar-refractivity contribution in [2.24, 2.45) is 40.4 Å². The molecule has 170 valence electrons. The molecule has 6 rings (SSSR count). The molecular weight excluding hydrogens is 386 g/mol. The number of methoxy groups -OCH3 is 2. The van der Waals surface area contributed by atoms with Crippen LogP contribution >= 0.6 is 0 Å². The van der Waals surface area contributed by atoms with E-state index in [0.717, 1.165) is 25.9 Å². The molecule has 0 aromatic rings. The van der Waals surface area contributed by atoms with Crippen molar-refractivity contribution >= 4 is 0 Å². The first-order valence-electron chi connectivity index (χ1n) is 11.8. The Morgan fingerprint density at radius 1 is 1.13 bits per heavy atom. The van der Waals surface area contributed by atoms with Crippen LogP contribution in [0.3, 0.4) is 0 Å². The summed E-state index contributed by atoms with van der Waals surface area (Å²) in [6.07, 6.45) is 1.16. The second-order valence-electron chi connectivity index (χ2n) is 11.3. The van der Waals surface area contributed by atoms with Crippen LogP contribution in [0.4, 0.5) is 0 Å². The van der Waals surface area contributed by atoms with E-state index < -0.39 is 23.2 Å². The van der Waals surface area contributed by atoms with E-state index in [1.807, 2.05) is 0 Å². The first-order chi connectivity index (χ1) is 14.4. The Bertz CT molecular complexity index is 736. The largest absolute Gasteiger partial charge is 0.396 e. The summed E-state index contributed by atoms with van der Waals surface area (Å²) in [4.78, 5) is 2.42. The highest BCUT2D eigenvalue weighted by atomic mass is 16.5. The van der Waals surface area contributed by atoms with Crippen LogP contribution in [0, 0.1) is 40.4 Å². The maximum atomic E-state index is 12.4. The van der Waals surface area contributed by atoms with E-state index in [1.165, 1.54) is 0 Å². The van der Waals surface area contributed by atoms with Gasteiger partial charge in [-0.1, -0.05) is 6.92 Å². The normalized spacial score (nSPS) is 63.3. The quantitative estimate of drug-likeness (QED) is 0.499. The minimum Gasteiger partial charge on any atom is -0.396 e. The number of fused-ring (bicyclic) bond motifs is 2. The molecule has 30 heavy (non-hydrogen) atoms. The van der Waals surface area contributed by atoms with Crippen molar-refractivity contribution in [1.29, 1.82) is 0 Å². The van der Waals surface area contributed by atoms with Crippen molar-refractivity contribution in [2.75, 3.05) is 33.9 Å². The van der Waals surface area contributed by atoms with E-state index in [2.05, 4.69) is 11.8 Å². The van der Waals surface area contributed by atoms with Gasteiger partial charge in [0.1, 0.15) is 0 Å². The average molecular weight is 424 g/mol. The molecule has 0 amide bonds. The lowest BCUT2D eigenvalue weighted by Crippen LogP contribution is -2.76. The summed E-state index contributed by atoms with van der Waals surface area (Å²) in [5.74, 6) is -0.480. The number of nitrogens with zero attached hydrogens (tertiary/aromatic N) is 1. The second kappa shape index (κ2) is 6.19. The summed E-state index contributed by atoms with van der Waals surface area (Å²) >= 11 is 0. The van der Waals surface area contributed by atoms with Crippen LogP contribution < -0.4 is 0 Å². The fraction of sp³-hybridized carbons (Fsp3) is 1.00. The first kappa shape index (κ1) is 20.3. The van der Waals surface area contributed by atoms with Gasteiger partial charge in [-0.15, -0.1) is 0 Å². The fourth-order valence-corrected chi connectivity index (χ4v) is 10.4. The van der Waals surface area contributed by atoms with Crippen molar-refractivity contribution in [3.8, 4) is 0 Å². The summed E-state index contributed by atoms with van der Waals surface area (Å²) in [6.45, 7) is 3.81. The molecule has 5 saturated carbocycles. The van der Waals surface area contributed by atoms with Gasteiger partial charge in [0, 0.05) is 67.7 Å². The van der Waals surface area contributed by atoms with E-state index in [-0.39, 0.29) is 59.9 Å². The first-order valence-corrected chi connectivity index (χ1v) is 11.8. The van der Waals surface area contributed by atoms with E-state index in [0.29, 0.717) is 12.8 Å². The Kier molecular flexibility index (Phi) is 4.19. The van der Waals surface area contributed by atoms with Crippen LogP contribution in [0.5, 0.6) is 0 Å². The van der Waals surface area contributed by atoms with Crippen LogP contribution in [0.1, 0.15) is 32.6 Å². The van der Waals surface area contributed by atoms with Gasteiger partial charge in [-0.25, -0.2) is 0 Å². The molecule has 6 fully saturated rings. The SMILES string of the molecule is CCN1C[C@]2(CO)CCC(O)[C@]34C1C(C(OC)[C@@H]23)[C@@]1(O)CC(OC)[C@H]2C[C@@H]4[C@H]1C2O. The number of hydrogen-bond donors (Lipinski definition) is 4. The van der Waals surface area contributed by atoms with Gasteiger partial charge in [0.15, 0.2) is 0 Å². The van der Waals surface area contributed by atoms with Crippen LogP contribution in [-0.2, 0) is 9.47 Å². The number of likely N-dealkylation sites (tertiary alicyclic amines) is 1. The lowest BCUT2D eigenvalue weighted by molar-refractivity contribution is -0.271. The minimum atomic E-state index is -1.09.